The summed E-state index contributed by atoms with van der Waals surface area (Å²) in [6.45, 7) is 4.42. The van der Waals surface area contributed by atoms with Crippen molar-refractivity contribution < 1.29 is 9.59 Å². The molecule has 0 aliphatic rings. The molecule has 1 heterocycles. The van der Waals surface area contributed by atoms with Gasteiger partial charge in [0.05, 0.1) is 19.0 Å². The second-order valence-corrected chi connectivity index (χ2v) is 5.82. The molecule has 1 aromatic carbocycles. The van der Waals surface area contributed by atoms with E-state index in [0.29, 0.717) is 6.54 Å². The fourth-order valence-electron chi connectivity index (χ4n) is 2.64. The summed E-state index contributed by atoms with van der Waals surface area (Å²) in [6, 6.07) is 8.24. The van der Waals surface area contributed by atoms with E-state index in [1.54, 1.807) is 10.9 Å². The van der Waals surface area contributed by atoms with Crippen LogP contribution in [-0.4, -0.2) is 27.8 Å². The predicted molar refractivity (Wildman–Crippen MR) is 91.1 cm³/mol. The number of nitrogens with two attached hydrogens (primary N) is 1. The van der Waals surface area contributed by atoms with Crippen LogP contribution in [0.25, 0.3) is 0 Å². The van der Waals surface area contributed by atoms with E-state index in [9.17, 15) is 9.59 Å². The molecule has 0 radical (unpaired) electrons. The number of benzene rings is 1. The summed E-state index contributed by atoms with van der Waals surface area (Å²) in [6.07, 6.45) is 3.66. The summed E-state index contributed by atoms with van der Waals surface area (Å²) in [5.74, 6) is -0.156. The highest BCUT2D eigenvalue weighted by molar-refractivity contribution is 5.79. The summed E-state index contributed by atoms with van der Waals surface area (Å²) in [5.41, 5.74) is 7.13. The average molecular weight is 329 g/mol. The van der Waals surface area contributed by atoms with Crippen LogP contribution in [0, 0.1) is 6.92 Å². The second-order valence-electron chi connectivity index (χ2n) is 5.82. The van der Waals surface area contributed by atoms with Gasteiger partial charge in [0, 0.05) is 18.4 Å². The molecule has 0 spiro atoms. The molecular formula is C17H23N5O2. The Morgan fingerprint density at radius 2 is 2.00 bits per heavy atom. The number of amides is 3. The van der Waals surface area contributed by atoms with Gasteiger partial charge in [-0.25, -0.2) is 4.79 Å². The third-order valence-electron chi connectivity index (χ3n) is 3.70. The van der Waals surface area contributed by atoms with E-state index >= 15 is 0 Å². The molecule has 0 aliphatic carbocycles. The third kappa shape index (κ3) is 5.12. The minimum atomic E-state index is -0.652. The summed E-state index contributed by atoms with van der Waals surface area (Å²) in [4.78, 5) is 23.6. The Hall–Kier alpha value is -2.83. The number of primary amides is 1. The molecule has 7 heteroatoms. The summed E-state index contributed by atoms with van der Waals surface area (Å²) >= 11 is 0. The number of hydrogen-bond acceptors (Lipinski definition) is 3. The molecule has 24 heavy (non-hydrogen) atoms. The van der Waals surface area contributed by atoms with Crippen molar-refractivity contribution >= 4 is 11.9 Å². The molecule has 2 aromatic rings. The normalized spacial score (nSPS) is 13.1. The van der Waals surface area contributed by atoms with Gasteiger partial charge in [0.2, 0.25) is 5.91 Å². The number of nitrogens with one attached hydrogen (secondary N) is 2. The van der Waals surface area contributed by atoms with Crippen LogP contribution >= 0.6 is 0 Å². The van der Waals surface area contributed by atoms with Gasteiger partial charge >= 0.3 is 6.03 Å². The molecule has 0 saturated carbocycles. The first-order chi connectivity index (χ1) is 11.5. The smallest absolute Gasteiger partial charge is 0.312 e. The second kappa shape index (κ2) is 8.14. The van der Waals surface area contributed by atoms with Gasteiger partial charge < -0.3 is 16.4 Å². The number of urea groups is 1. The average Bonchev–Trinajstić information content (AvgIpc) is 2.99. The number of carbonyl (C=O) groups is 2. The molecule has 0 fully saturated rings. The first-order valence-electron chi connectivity index (χ1n) is 7.84. The molecule has 3 amide bonds. The van der Waals surface area contributed by atoms with Crippen LogP contribution in [0.2, 0.25) is 0 Å². The van der Waals surface area contributed by atoms with Crippen LogP contribution < -0.4 is 16.4 Å². The fraction of sp³-hybridized carbons (Fsp3) is 0.353. The highest BCUT2D eigenvalue weighted by Crippen LogP contribution is 2.20. The zero-order chi connectivity index (χ0) is 17.5. The van der Waals surface area contributed by atoms with Crippen LogP contribution in [0.4, 0.5) is 4.79 Å². The highest BCUT2D eigenvalue weighted by atomic mass is 16.2. The Bertz CT molecular complexity index is 684. The van der Waals surface area contributed by atoms with E-state index < -0.39 is 12.1 Å². The highest BCUT2D eigenvalue weighted by Gasteiger charge is 2.20. The SMILES string of the molecule is Cc1ccccc1[C@H](CC(=O)N[C@H](C)Cn1cccn1)NC(N)=O. The van der Waals surface area contributed by atoms with Gasteiger partial charge in [-0.1, -0.05) is 24.3 Å². The Morgan fingerprint density at radius 1 is 1.25 bits per heavy atom. The lowest BCUT2D eigenvalue weighted by Gasteiger charge is -2.21. The van der Waals surface area contributed by atoms with E-state index in [2.05, 4.69) is 15.7 Å². The molecule has 0 bridgehead atoms. The number of aromatic nitrogens is 2. The van der Waals surface area contributed by atoms with Crippen LogP contribution in [-0.2, 0) is 11.3 Å². The minimum Gasteiger partial charge on any atom is -0.352 e. The first kappa shape index (κ1) is 17.5. The van der Waals surface area contributed by atoms with Gasteiger partial charge in [-0.3, -0.25) is 9.48 Å². The van der Waals surface area contributed by atoms with Gasteiger partial charge in [-0.2, -0.15) is 5.10 Å². The van der Waals surface area contributed by atoms with Gasteiger partial charge in [-0.15, -0.1) is 0 Å². The molecule has 0 unspecified atom stereocenters. The van der Waals surface area contributed by atoms with Crippen molar-refractivity contribution in [3.8, 4) is 0 Å². The van der Waals surface area contributed by atoms with Crippen molar-refractivity contribution in [2.45, 2.75) is 38.9 Å². The minimum absolute atomic E-state index is 0.0801. The largest absolute Gasteiger partial charge is 0.352 e. The van der Waals surface area contributed by atoms with Crippen LogP contribution in [0.3, 0.4) is 0 Å². The van der Waals surface area contributed by atoms with Crippen molar-refractivity contribution in [3.63, 3.8) is 0 Å². The van der Waals surface area contributed by atoms with Gasteiger partial charge in [-0.05, 0) is 31.0 Å². The van der Waals surface area contributed by atoms with E-state index in [1.165, 1.54) is 0 Å². The maximum absolute atomic E-state index is 12.3. The third-order valence-corrected chi connectivity index (χ3v) is 3.70. The zero-order valence-corrected chi connectivity index (χ0v) is 13.9. The van der Waals surface area contributed by atoms with Crippen molar-refractivity contribution in [1.82, 2.24) is 20.4 Å². The number of hydrogen-bond donors (Lipinski definition) is 3. The number of aryl methyl sites for hydroxylation is 1. The lowest BCUT2D eigenvalue weighted by molar-refractivity contribution is -0.122. The van der Waals surface area contributed by atoms with Gasteiger partial charge in [0.25, 0.3) is 0 Å². The Balaban J connectivity index is 1.99. The lowest BCUT2D eigenvalue weighted by Crippen LogP contribution is -2.40. The zero-order valence-electron chi connectivity index (χ0n) is 13.9. The molecule has 128 valence electrons. The quantitative estimate of drug-likeness (QED) is 0.717. The maximum Gasteiger partial charge on any atom is 0.312 e. The van der Waals surface area contributed by atoms with Crippen molar-refractivity contribution in [2.24, 2.45) is 5.73 Å². The van der Waals surface area contributed by atoms with E-state index in [0.717, 1.165) is 11.1 Å². The van der Waals surface area contributed by atoms with Crippen molar-refractivity contribution in [2.75, 3.05) is 0 Å². The Labute approximate surface area is 141 Å². The van der Waals surface area contributed by atoms with E-state index in [-0.39, 0.29) is 18.4 Å². The van der Waals surface area contributed by atoms with Crippen LogP contribution in [0.5, 0.6) is 0 Å². The summed E-state index contributed by atoms with van der Waals surface area (Å²) in [5, 5.41) is 9.68. The predicted octanol–water partition coefficient (Wildman–Crippen LogP) is 1.50. The van der Waals surface area contributed by atoms with E-state index in [1.807, 2.05) is 50.4 Å². The first-order valence-corrected chi connectivity index (χ1v) is 7.84. The number of nitrogens with zero attached hydrogens (tertiary/aromatic N) is 2. The lowest BCUT2D eigenvalue weighted by atomic mass is 9.98. The molecule has 4 N–H and O–H groups in total. The summed E-state index contributed by atoms with van der Waals surface area (Å²) in [7, 11) is 0. The van der Waals surface area contributed by atoms with Crippen molar-refractivity contribution in [3.05, 3.63) is 53.9 Å². The fourth-order valence-corrected chi connectivity index (χ4v) is 2.64. The molecule has 0 saturated heterocycles. The Morgan fingerprint density at radius 3 is 2.62 bits per heavy atom. The number of carbonyl (C=O) groups excluding carboxylic acids is 2. The molecule has 1 aromatic heterocycles. The molecule has 2 rings (SSSR count). The van der Waals surface area contributed by atoms with Crippen molar-refractivity contribution in [1.29, 1.82) is 0 Å². The van der Waals surface area contributed by atoms with Gasteiger partial charge in [0.15, 0.2) is 0 Å². The molecular weight excluding hydrogens is 306 g/mol. The number of rotatable bonds is 7. The molecule has 7 nitrogen and oxygen atoms in total. The topological polar surface area (TPSA) is 102 Å². The van der Waals surface area contributed by atoms with Gasteiger partial charge in [0.1, 0.15) is 0 Å². The monoisotopic (exact) mass is 329 g/mol. The maximum atomic E-state index is 12.3. The molecule has 2 atom stereocenters. The van der Waals surface area contributed by atoms with E-state index in [4.69, 9.17) is 5.73 Å². The van der Waals surface area contributed by atoms with Crippen LogP contribution in [0.1, 0.15) is 30.5 Å². The standard InChI is InChI=1S/C17H23N5O2/c1-12-6-3-4-7-14(12)15(21-17(18)24)10-16(23)20-13(2)11-22-9-5-8-19-22/h3-9,13,15H,10-11H2,1-2H3,(H,20,23)(H3,18,21,24)/t13-,15+/m1/s1. The van der Waals surface area contributed by atoms with Crippen LogP contribution in [0.15, 0.2) is 42.7 Å². The summed E-state index contributed by atoms with van der Waals surface area (Å²) < 4.78 is 1.76. The molecule has 0 aliphatic heterocycles. The Kier molecular flexibility index (Phi) is 5.95.